The van der Waals surface area contributed by atoms with E-state index in [1.54, 1.807) is 0 Å². The molecule has 0 aromatic carbocycles. The highest BCUT2D eigenvalue weighted by Crippen LogP contribution is 2.61. The van der Waals surface area contributed by atoms with Gasteiger partial charge in [-0.3, -0.25) is 32.5 Å². The van der Waals surface area contributed by atoms with Crippen LogP contribution in [0.15, 0.2) is 12.7 Å². The van der Waals surface area contributed by atoms with Gasteiger partial charge in [0.05, 0.1) is 19.5 Å². The SMILES string of the molecule is CCCCCCCCCCCCCCCCCCCCCCCCCCCCCCCCCC(=O)SCCNC(=O)CCNC(=O)[C@H](O)C(C)(C)COP(=O)(O)OP(=O)(O)OC[C@H]1O[C@@H](n2cnc3c(N)ncnc32)[C@H](O)[C@@H]1OP(=O)(O)O. The number of nitrogen functional groups attached to an aromatic ring is 1. The number of rotatable bonds is 51. The van der Waals surface area contributed by atoms with E-state index in [9.17, 15) is 57.9 Å². The average Bonchev–Trinajstić information content (AvgIpc) is 2.22. The highest BCUT2D eigenvalue weighted by atomic mass is 32.2. The number of aliphatic hydroxyl groups is 2. The number of amides is 2. The third-order valence-electron chi connectivity index (χ3n) is 14.7. The molecule has 2 amide bonds. The van der Waals surface area contributed by atoms with Crippen molar-refractivity contribution in [2.45, 2.75) is 263 Å². The molecule has 480 valence electrons. The minimum atomic E-state index is -5.58. The van der Waals surface area contributed by atoms with Gasteiger partial charge >= 0.3 is 23.5 Å². The number of thioether (sulfide) groups is 1. The third-order valence-corrected chi connectivity index (χ3v) is 18.8. The molecule has 1 saturated heterocycles. The van der Waals surface area contributed by atoms with Crippen LogP contribution in [-0.4, -0.2) is 123 Å². The van der Waals surface area contributed by atoms with E-state index in [4.69, 9.17) is 19.5 Å². The summed E-state index contributed by atoms with van der Waals surface area (Å²) in [6.45, 7) is 2.88. The molecular weight excluding hydrogens is 1160 g/mol. The summed E-state index contributed by atoms with van der Waals surface area (Å²) in [5.41, 5.74) is 4.31. The Morgan fingerprint density at radius 1 is 0.687 bits per heavy atom. The molecule has 0 saturated carbocycles. The first-order chi connectivity index (χ1) is 39.6. The molecule has 0 spiro atoms. The van der Waals surface area contributed by atoms with Gasteiger partial charge < -0.3 is 50.9 Å². The largest absolute Gasteiger partial charge is 0.481 e. The van der Waals surface area contributed by atoms with E-state index in [1.807, 2.05) is 0 Å². The zero-order valence-electron chi connectivity index (χ0n) is 49.7. The molecule has 2 aromatic rings. The van der Waals surface area contributed by atoms with Crippen molar-refractivity contribution >= 4 is 69.1 Å². The maximum atomic E-state index is 12.8. The van der Waals surface area contributed by atoms with Gasteiger partial charge in [-0.25, -0.2) is 28.6 Å². The van der Waals surface area contributed by atoms with Crippen LogP contribution in [0, 0.1) is 5.41 Å². The second-order valence-electron chi connectivity index (χ2n) is 22.6. The second kappa shape index (κ2) is 41.7. The zero-order chi connectivity index (χ0) is 61.0. The number of ether oxygens (including phenoxy) is 1. The van der Waals surface area contributed by atoms with Gasteiger partial charge in [-0.1, -0.05) is 225 Å². The molecule has 1 fully saturated rings. The zero-order valence-corrected chi connectivity index (χ0v) is 53.2. The predicted octanol–water partition coefficient (Wildman–Crippen LogP) is 11.2. The van der Waals surface area contributed by atoms with Crippen LogP contribution >= 0.6 is 35.2 Å². The number of hydrogen-bond acceptors (Lipinski definition) is 18. The van der Waals surface area contributed by atoms with Crippen molar-refractivity contribution in [3.8, 4) is 0 Å². The first-order valence-electron chi connectivity index (χ1n) is 30.6. The van der Waals surface area contributed by atoms with Gasteiger partial charge in [0.1, 0.15) is 36.3 Å². The van der Waals surface area contributed by atoms with Crippen LogP contribution in [-0.2, 0) is 50.7 Å². The lowest BCUT2D eigenvalue weighted by Gasteiger charge is -2.30. The molecule has 24 nitrogen and oxygen atoms in total. The standard InChI is InChI=1S/C55H102N7O17P3S/c1-4-5-6-7-8-9-10-11-12-13-14-15-16-17-18-19-20-21-22-23-24-25-26-27-28-29-30-31-32-33-34-35-46(64)83-39-38-57-45(63)36-37-58-53(67)50(66)55(2,3)41-76-82(73,74)79-81(71,72)75-40-44-49(78-80(68,69)70)48(65)54(77-44)62-43-61-47-51(56)59-42-60-52(47)62/h42-44,48-50,54,65-66H,4-41H2,1-3H3,(H,57,63)(H,58,67)(H,71,72)(H,73,74)(H2,56,59,60)(H2,68,69,70)/t44-,48-,49-,50+,54-/m1/s1. The monoisotopic (exact) mass is 1260 g/mol. The highest BCUT2D eigenvalue weighted by Gasteiger charge is 2.50. The molecule has 0 aliphatic carbocycles. The Morgan fingerprint density at radius 2 is 1.16 bits per heavy atom. The topological polar surface area (TPSA) is 364 Å². The van der Waals surface area contributed by atoms with Gasteiger partial charge in [-0.2, -0.15) is 4.31 Å². The molecule has 3 rings (SSSR count). The number of carbonyl (C=O) groups is 3. The first-order valence-corrected chi connectivity index (χ1v) is 36.1. The number of nitrogens with zero attached hydrogens (tertiary/aromatic N) is 4. The number of imidazole rings is 1. The number of carbonyl (C=O) groups excluding carboxylic acids is 3. The second-order valence-corrected chi connectivity index (χ2v) is 28.0. The van der Waals surface area contributed by atoms with Crippen LogP contribution in [0.5, 0.6) is 0 Å². The van der Waals surface area contributed by atoms with Gasteiger partial charge in [0.15, 0.2) is 22.8 Å². The van der Waals surface area contributed by atoms with E-state index in [1.165, 1.54) is 205 Å². The smallest absolute Gasteiger partial charge is 0.386 e. The number of phosphoric acid groups is 3. The summed E-state index contributed by atoms with van der Waals surface area (Å²) in [6, 6.07) is 0. The Morgan fingerprint density at radius 3 is 1.64 bits per heavy atom. The van der Waals surface area contributed by atoms with Crippen molar-refractivity contribution in [2.75, 3.05) is 37.8 Å². The molecule has 0 radical (unpaired) electrons. The number of aromatic nitrogens is 4. The van der Waals surface area contributed by atoms with E-state index in [0.29, 0.717) is 12.2 Å². The van der Waals surface area contributed by atoms with Crippen molar-refractivity contribution in [3.63, 3.8) is 0 Å². The minimum Gasteiger partial charge on any atom is -0.386 e. The highest BCUT2D eigenvalue weighted by molar-refractivity contribution is 8.13. The van der Waals surface area contributed by atoms with E-state index in [-0.39, 0.29) is 41.6 Å². The number of hydrogen-bond donors (Lipinski definition) is 9. The van der Waals surface area contributed by atoms with E-state index in [2.05, 4.69) is 41.3 Å². The van der Waals surface area contributed by atoms with Crippen LogP contribution in [0.3, 0.4) is 0 Å². The van der Waals surface area contributed by atoms with Crippen LogP contribution in [0.2, 0.25) is 0 Å². The van der Waals surface area contributed by atoms with Gasteiger partial charge in [0.25, 0.3) is 0 Å². The molecule has 28 heteroatoms. The van der Waals surface area contributed by atoms with Crippen LogP contribution < -0.4 is 16.4 Å². The van der Waals surface area contributed by atoms with Gasteiger partial charge in [0, 0.05) is 37.1 Å². The molecule has 10 N–H and O–H groups in total. The van der Waals surface area contributed by atoms with Crippen molar-refractivity contribution in [3.05, 3.63) is 12.7 Å². The number of nitrogens with one attached hydrogen (secondary N) is 2. The van der Waals surface area contributed by atoms with Crippen molar-refractivity contribution in [2.24, 2.45) is 5.41 Å². The minimum absolute atomic E-state index is 0.0353. The molecule has 1 aliphatic rings. The normalized spacial score (nSPS) is 18.5. The number of phosphoric ester groups is 3. The number of anilines is 1. The van der Waals surface area contributed by atoms with Gasteiger partial charge in [-0.15, -0.1) is 0 Å². The molecule has 7 atom stereocenters. The summed E-state index contributed by atoms with van der Waals surface area (Å²) < 4.78 is 62.7. The first kappa shape index (κ1) is 74.8. The Hall–Kier alpha value is -2.44. The van der Waals surface area contributed by atoms with Crippen molar-refractivity contribution < 1.29 is 80.5 Å². The van der Waals surface area contributed by atoms with Crippen molar-refractivity contribution in [1.29, 1.82) is 0 Å². The van der Waals surface area contributed by atoms with Gasteiger partial charge in [0.2, 0.25) is 11.8 Å². The molecule has 2 unspecified atom stereocenters. The Bertz CT molecular complexity index is 2280. The Labute approximate surface area is 496 Å². The molecule has 2 aromatic heterocycles. The fourth-order valence-corrected chi connectivity index (χ4v) is 13.4. The summed E-state index contributed by atoms with van der Waals surface area (Å²) >= 11 is 1.17. The molecule has 1 aliphatic heterocycles. The van der Waals surface area contributed by atoms with Crippen LogP contribution in [0.4, 0.5) is 5.82 Å². The third kappa shape index (κ3) is 32.9. The Kier molecular flexibility index (Phi) is 37.6. The molecule has 3 heterocycles. The molecule has 83 heavy (non-hydrogen) atoms. The molecular formula is C55H102N7O17P3S. The maximum absolute atomic E-state index is 12.8. The fourth-order valence-electron chi connectivity index (χ4n) is 9.84. The number of nitrogens with two attached hydrogens (primary N) is 1. The molecule has 0 bridgehead atoms. The van der Waals surface area contributed by atoms with Gasteiger partial charge in [-0.05, 0) is 6.42 Å². The quantitative estimate of drug-likeness (QED) is 0.0219. The predicted molar refractivity (Wildman–Crippen MR) is 321 cm³/mol. The lowest BCUT2D eigenvalue weighted by atomic mass is 9.87. The Balaban J connectivity index is 1.12. The lowest BCUT2D eigenvalue weighted by Crippen LogP contribution is -2.46. The number of fused-ring (bicyclic) bond motifs is 1. The van der Waals surface area contributed by atoms with Crippen molar-refractivity contribution in [1.82, 2.24) is 30.2 Å². The lowest BCUT2D eigenvalue weighted by molar-refractivity contribution is -0.137. The number of unbranched alkanes of at least 4 members (excludes halogenated alkanes) is 30. The van der Waals surface area contributed by atoms with E-state index >= 15 is 0 Å². The maximum Gasteiger partial charge on any atom is 0.481 e. The summed E-state index contributed by atoms with van der Waals surface area (Å²) in [7, 11) is -16.4. The number of aliphatic hydroxyl groups excluding tert-OH is 2. The average molecular weight is 1260 g/mol. The summed E-state index contributed by atoms with van der Waals surface area (Å²) in [4.78, 5) is 88.8. The van der Waals surface area contributed by atoms with E-state index in [0.717, 1.165) is 36.5 Å². The summed E-state index contributed by atoms with van der Waals surface area (Å²) in [5.74, 6) is -1.01. The van der Waals surface area contributed by atoms with Crippen LogP contribution in [0.25, 0.3) is 11.2 Å². The van der Waals surface area contributed by atoms with Crippen LogP contribution in [0.1, 0.15) is 239 Å². The summed E-state index contributed by atoms with van der Waals surface area (Å²) in [6.07, 6.45) is 35.4. The van der Waals surface area contributed by atoms with E-state index < -0.39 is 84.6 Å². The summed E-state index contributed by atoms with van der Waals surface area (Å²) in [5, 5.41) is 26.8. The fraction of sp³-hybridized carbons (Fsp3) is 0.855.